The van der Waals surface area contributed by atoms with E-state index in [4.69, 9.17) is 16.3 Å². The van der Waals surface area contributed by atoms with Gasteiger partial charge in [-0.15, -0.1) is 10.2 Å². The molecule has 33 heavy (non-hydrogen) atoms. The molecule has 0 unspecified atom stereocenters. The van der Waals surface area contributed by atoms with E-state index in [1.54, 1.807) is 29.1 Å². The largest absolute Gasteiger partial charge is 0.377 e. The van der Waals surface area contributed by atoms with E-state index in [1.807, 2.05) is 12.1 Å². The fraction of sp³-hybridized carbons (Fsp3) is 0.150. The van der Waals surface area contributed by atoms with E-state index in [9.17, 15) is 12.8 Å². The van der Waals surface area contributed by atoms with E-state index in [2.05, 4.69) is 25.3 Å². The number of anilines is 3. The first kappa shape index (κ1) is 23.1. The number of nitrogens with zero attached hydrogens (tertiary/aromatic N) is 4. The maximum Gasteiger partial charge on any atom is 0.266 e. The molecule has 0 atom stereocenters. The van der Waals surface area contributed by atoms with Crippen LogP contribution in [0, 0.1) is 5.82 Å². The summed E-state index contributed by atoms with van der Waals surface area (Å²) in [5.74, 6) is -0.439. The van der Waals surface area contributed by atoms with Gasteiger partial charge in [-0.2, -0.15) is 5.10 Å². The van der Waals surface area contributed by atoms with Crippen LogP contribution in [0.5, 0.6) is 0 Å². The SMILES string of the molecule is COCc1nnc(NS(=O)(=O)c2ccc(Nc3ccn(Cc4ccc(Cl)cc4)n3)cc2F)s1. The van der Waals surface area contributed by atoms with Gasteiger partial charge < -0.3 is 10.1 Å². The van der Waals surface area contributed by atoms with Crippen LogP contribution in [0.2, 0.25) is 5.02 Å². The van der Waals surface area contributed by atoms with Crippen molar-refractivity contribution in [2.24, 2.45) is 0 Å². The second kappa shape index (κ2) is 9.83. The Bertz CT molecular complexity index is 1360. The predicted molar refractivity (Wildman–Crippen MR) is 124 cm³/mol. The molecular formula is C20H18ClFN6O3S2. The quantitative estimate of drug-likeness (QED) is 0.347. The van der Waals surface area contributed by atoms with E-state index in [0.29, 0.717) is 28.1 Å². The van der Waals surface area contributed by atoms with Crippen molar-refractivity contribution < 1.29 is 17.5 Å². The number of halogens is 2. The topological polar surface area (TPSA) is 111 Å². The van der Waals surface area contributed by atoms with Gasteiger partial charge in [0.1, 0.15) is 22.3 Å². The highest BCUT2D eigenvalue weighted by atomic mass is 35.5. The number of hydrogen-bond acceptors (Lipinski definition) is 8. The van der Waals surface area contributed by atoms with Crippen molar-refractivity contribution in [1.82, 2.24) is 20.0 Å². The van der Waals surface area contributed by atoms with E-state index < -0.39 is 20.7 Å². The summed E-state index contributed by atoms with van der Waals surface area (Å²) in [6.45, 7) is 0.733. The number of sulfonamides is 1. The first-order valence-electron chi connectivity index (χ1n) is 9.51. The third-order valence-electron chi connectivity index (χ3n) is 4.35. The van der Waals surface area contributed by atoms with Crippen molar-refractivity contribution >= 4 is 49.6 Å². The van der Waals surface area contributed by atoms with Crippen LogP contribution in [0.3, 0.4) is 0 Å². The Balaban J connectivity index is 1.44. The van der Waals surface area contributed by atoms with Gasteiger partial charge in [0.05, 0.1) is 6.54 Å². The van der Waals surface area contributed by atoms with Gasteiger partial charge in [0.15, 0.2) is 5.82 Å². The molecule has 0 saturated heterocycles. The Kier molecular flexibility index (Phi) is 6.88. The molecule has 0 bridgehead atoms. The van der Waals surface area contributed by atoms with Gasteiger partial charge in [0.25, 0.3) is 10.0 Å². The molecule has 9 nitrogen and oxygen atoms in total. The Morgan fingerprint density at radius 2 is 1.94 bits per heavy atom. The third kappa shape index (κ3) is 5.85. The van der Waals surface area contributed by atoms with Crippen molar-refractivity contribution in [3.8, 4) is 0 Å². The number of nitrogens with one attached hydrogen (secondary N) is 2. The molecule has 0 aliphatic carbocycles. The number of methoxy groups -OCH3 is 1. The molecule has 2 N–H and O–H groups in total. The minimum absolute atomic E-state index is 0.0230. The summed E-state index contributed by atoms with van der Waals surface area (Å²) >= 11 is 6.90. The van der Waals surface area contributed by atoms with Crippen LogP contribution in [0.1, 0.15) is 10.6 Å². The molecule has 0 radical (unpaired) electrons. The molecule has 4 aromatic rings. The second-order valence-electron chi connectivity index (χ2n) is 6.83. The summed E-state index contributed by atoms with van der Waals surface area (Å²) in [6, 6.07) is 12.8. The van der Waals surface area contributed by atoms with Crippen molar-refractivity contribution in [3.05, 3.63) is 76.1 Å². The van der Waals surface area contributed by atoms with Gasteiger partial charge in [-0.25, -0.2) is 12.8 Å². The smallest absolute Gasteiger partial charge is 0.266 e. The zero-order valence-corrected chi connectivity index (χ0v) is 19.6. The molecule has 0 amide bonds. The van der Waals surface area contributed by atoms with Gasteiger partial charge in [-0.3, -0.25) is 9.40 Å². The molecule has 0 saturated carbocycles. The minimum Gasteiger partial charge on any atom is -0.377 e. The number of hydrogen-bond donors (Lipinski definition) is 2. The van der Waals surface area contributed by atoms with Crippen molar-refractivity contribution in [2.75, 3.05) is 17.1 Å². The molecule has 0 spiro atoms. The highest BCUT2D eigenvalue weighted by Gasteiger charge is 2.21. The lowest BCUT2D eigenvalue weighted by Crippen LogP contribution is -2.14. The van der Waals surface area contributed by atoms with Crippen molar-refractivity contribution in [1.29, 1.82) is 0 Å². The first-order chi connectivity index (χ1) is 15.8. The Morgan fingerprint density at radius 1 is 1.15 bits per heavy atom. The summed E-state index contributed by atoms with van der Waals surface area (Å²) < 4.78 is 48.7. The molecule has 0 fully saturated rings. The summed E-state index contributed by atoms with van der Waals surface area (Å²) in [7, 11) is -2.70. The number of aromatic nitrogens is 4. The lowest BCUT2D eigenvalue weighted by Gasteiger charge is -2.08. The van der Waals surface area contributed by atoms with E-state index in [0.717, 1.165) is 23.0 Å². The lowest BCUT2D eigenvalue weighted by atomic mass is 10.2. The monoisotopic (exact) mass is 508 g/mol. The average molecular weight is 509 g/mol. The zero-order valence-electron chi connectivity index (χ0n) is 17.2. The standard InChI is InChI=1S/C20H18ClFN6O3S2/c1-31-12-19-24-25-20(32-19)27-33(29,30)17-7-6-15(10-16(17)22)23-18-8-9-28(26-18)11-13-2-4-14(21)5-3-13/h2-10H,11-12H2,1H3,(H,23,26)(H,25,27). The normalized spacial score (nSPS) is 11.5. The summed E-state index contributed by atoms with van der Waals surface area (Å²) in [5.41, 5.74) is 1.37. The molecule has 13 heteroatoms. The van der Waals surface area contributed by atoms with Gasteiger partial charge in [-0.05, 0) is 35.9 Å². The summed E-state index contributed by atoms with van der Waals surface area (Å²) in [4.78, 5) is -0.509. The molecule has 0 aliphatic rings. The third-order valence-corrected chi connectivity index (χ3v) is 6.91. The molecule has 2 heterocycles. The first-order valence-corrected chi connectivity index (χ1v) is 12.2. The highest BCUT2D eigenvalue weighted by Crippen LogP contribution is 2.25. The fourth-order valence-electron chi connectivity index (χ4n) is 2.88. The van der Waals surface area contributed by atoms with Crippen LogP contribution in [0.25, 0.3) is 0 Å². The van der Waals surface area contributed by atoms with Crippen LogP contribution < -0.4 is 10.0 Å². The van der Waals surface area contributed by atoms with E-state index in [-0.39, 0.29) is 11.7 Å². The average Bonchev–Trinajstić information content (AvgIpc) is 3.39. The van der Waals surface area contributed by atoms with E-state index in [1.165, 1.54) is 19.2 Å². The predicted octanol–water partition coefficient (Wildman–Crippen LogP) is 4.27. The molecule has 4 rings (SSSR count). The molecular weight excluding hydrogens is 491 g/mol. The minimum atomic E-state index is -4.18. The number of rotatable bonds is 9. The van der Waals surface area contributed by atoms with Gasteiger partial charge in [0.2, 0.25) is 5.13 Å². The number of benzene rings is 2. The number of ether oxygens (including phenoxy) is 1. The summed E-state index contributed by atoms with van der Waals surface area (Å²) in [6.07, 6.45) is 1.77. The van der Waals surface area contributed by atoms with Crippen LogP contribution in [-0.4, -0.2) is 35.5 Å². The van der Waals surface area contributed by atoms with Crippen LogP contribution in [0.15, 0.2) is 59.6 Å². The zero-order chi connectivity index (χ0) is 23.4. The highest BCUT2D eigenvalue weighted by molar-refractivity contribution is 7.93. The van der Waals surface area contributed by atoms with Crippen LogP contribution >= 0.6 is 22.9 Å². The molecule has 2 aromatic carbocycles. The maximum absolute atomic E-state index is 14.7. The Labute approximate surface area is 198 Å². The Hall–Kier alpha value is -3.06. The summed E-state index contributed by atoms with van der Waals surface area (Å²) in [5, 5.41) is 16.1. The van der Waals surface area contributed by atoms with Crippen LogP contribution in [0.4, 0.5) is 21.0 Å². The van der Waals surface area contributed by atoms with Crippen LogP contribution in [-0.2, 0) is 27.9 Å². The van der Waals surface area contributed by atoms with Gasteiger partial charge in [0, 0.05) is 30.1 Å². The molecule has 0 aliphatic heterocycles. The van der Waals surface area contributed by atoms with Gasteiger partial charge >= 0.3 is 0 Å². The van der Waals surface area contributed by atoms with Gasteiger partial charge in [-0.1, -0.05) is 35.1 Å². The van der Waals surface area contributed by atoms with Crippen molar-refractivity contribution in [2.45, 2.75) is 18.0 Å². The second-order valence-corrected chi connectivity index (χ2v) is 9.98. The Morgan fingerprint density at radius 3 is 2.67 bits per heavy atom. The molecule has 172 valence electrons. The lowest BCUT2D eigenvalue weighted by molar-refractivity contribution is 0.184. The maximum atomic E-state index is 14.7. The fourth-order valence-corrected chi connectivity index (χ4v) is 5.01. The van der Waals surface area contributed by atoms with Crippen molar-refractivity contribution in [3.63, 3.8) is 0 Å². The molecule has 2 aromatic heterocycles. The van der Waals surface area contributed by atoms with E-state index >= 15 is 0 Å².